The van der Waals surface area contributed by atoms with Crippen molar-refractivity contribution in [3.63, 3.8) is 0 Å². The third-order valence-electron chi connectivity index (χ3n) is 2.71. The van der Waals surface area contributed by atoms with E-state index in [1.54, 1.807) is 0 Å². The molecule has 2 nitrogen and oxygen atoms in total. The Balaban J connectivity index is 5.59. The van der Waals surface area contributed by atoms with E-state index in [-0.39, 0.29) is 17.9 Å². The van der Waals surface area contributed by atoms with Crippen LogP contribution in [-0.4, -0.2) is 22.2 Å². The molecule has 0 bridgehead atoms. The van der Waals surface area contributed by atoms with Gasteiger partial charge in [0.2, 0.25) is 0 Å². The number of carbonyl (C=O) groups is 1. The molecule has 0 unspecified atom stereocenters. The van der Waals surface area contributed by atoms with Gasteiger partial charge in [-0.2, -0.15) is 4.58 Å². The summed E-state index contributed by atoms with van der Waals surface area (Å²) in [6.45, 7) is 16.8. The predicted octanol–water partition coefficient (Wildman–Crippen LogP) is 3.34. The molecule has 0 aliphatic carbocycles. The highest BCUT2D eigenvalue weighted by Crippen LogP contribution is 2.12. The minimum Gasteiger partial charge on any atom is -0.219 e. The maximum absolute atomic E-state index is 12.2. The second kappa shape index (κ2) is 6.17. The van der Waals surface area contributed by atoms with Gasteiger partial charge in [0.15, 0.2) is 11.8 Å². The quantitative estimate of drug-likeness (QED) is 0.532. The van der Waals surface area contributed by atoms with Crippen LogP contribution in [0.4, 0.5) is 0 Å². The molecule has 0 atom stereocenters. The molecule has 0 saturated carbocycles. The number of rotatable bonds is 4. The Morgan fingerprint density at radius 3 is 1.31 bits per heavy atom. The van der Waals surface area contributed by atoms with Crippen LogP contribution in [0.5, 0.6) is 0 Å². The monoisotopic (exact) mass is 226 g/mol. The molecule has 0 radical (unpaired) electrons. The Morgan fingerprint density at radius 2 is 1.12 bits per heavy atom. The first-order chi connectivity index (χ1) is 7.20. The zero-order chi connectivity index (χ0) is 13.0. The smallest absolute Gasteiger partial charge is 0.219 e. The first-order valence-corrected chi connectivity index (χ1v) is 6.39. The Labute approximate surface area is 101 Å². The predicted molar refractivity (Wildman–Crippen MR) is 69.9 cm³/mol. The lowest BCUT2D eigenvalue weighted by atomic mass is 9.95. The third-order valence-corrected chi connectivity index (χ3v) is 2.71. The van der Waals surface area contributed by atoms with Gasteiger partial charge in [-0.1, -0.05) is 27.7 Å². The van der Waals surface area contributed by atoms with Gasteiger partial charge >= 0.3 is 5.91 Å². The van der Waals surface area contributed by atoms with Crippen molar-refractivity contribution >= 4 is 11.6 Å². The summed E-state index contributed by atoms with van der Waals surface area (Å²) >= 11 is 0. The van der Waals surface area contributed by atoms with E-state index in [1.807, 2.05) is 18.4 Å². The van der Waals surface area contributed by atoms with Crippen LogP contribution in [0.2, 0.25) is 0 Å². The third kappa shape index (κ3) is 3.73. The summed E-state index contributed by atoms with van der Waals surface area (Å²) in [5, 5.41) is 0. The minimum atomic E-state index is 0.0647. The molecule has 2 heteroatoms. The Morgan fingerprint density at radius 1 is 0.750 bits per heavy atom. The van der Waals surface area contributed by atoms with Crippen molar-refractivity contribution in [2.24, 2.45) is 17.8 Å². The number of hydrogen-bond donors (Lipinski definition) is 0. The van der Waals surface area contributed by atoms with Gasteiger partial charge in [0.25, 0.3) is 0 Å². The van der Waals surface area contributed by atoms with Crippen LogP contribution in [0.3, 0.4) is 0 Å². The van der Waals surface area contributed by atoms with Crippen molar-refractivity contribution in [2.45, 2.75) is 61.4 Å². The summed E-state index contributed by atoms with van der Waals surface area (Å²) in [5.74, 6) is 1.15. The molecule has 0 aromatic carbocycles. The van der Waals surface area contributed by atoms with Crippen LogP contribution in [0, 0.1) is 17.8 Å². The second-order valence-electron chi connectivity index (χ2n) is 5.69. The van der Waals surface area contributed by atoms with Crippen molar-refractivity contribution in [3.8, 4) is 0 Å². The molecular formula is C14H28NO+. The van der Waals surface area contributed by atoms with Gasteiger partial charge in [-0.15, -0.1) is 0 Å². The second-order valence-corrected chi connectivity index (χ2v) is 5.69. The fourth-order valence-corrected chi connectivity index (χ4v) is 2.18. The lowest BCUT2D eigenvalue weighted by Gasteiger charge is -2.17. The van der Waals surface area contributed by atoms with E-state index in [9.17, 15) is 4.79 Å². The van der Waals surface area contributed by atoms with E-state index in [2.05, 4.69) is 41.5 Å². The van der Waals surface area contributed by atoms with Gasteiger partial charge < -0.3 is 0 Å². The van der Waals surface area contributed by atoms with Gasteiger partial charge in [-0.05, 0) is 27.7 Å². The molecule has 0 rings (SSSR count). The lowest BCUT2D eigenvalue weighted by Crippen LogP contribution is -2.40. The molecular weight excluding hydrogens is 198 g/mol. The van der Waals surface area contributed by atoms with Gasteiger partial charge in [-0.25, -0.2) is 4.79 Å². The summed E-state index contributed by atoms with van der Waals surface area (Å²) in [6, 6.07) is 0.245. The van der Waals surface area contributed by atoms with Crippen LogP contribution < -0.4 is 0 Å². The molecule has 0 fully saturated rings. The molecule has 16 heavy (non-hydrogen) atoms. The summed E-state index contributed by atoms with van der Waals surface area (Å²) < 4.78 is 2.00. The van der Waals surface area contributed by atoms with E-state index >= 15 is 0 Å². The van der Waals surface area contributed by atoms with Crippen molar-refractivity contribution in [1.29, 1.82) is 0 Å². The molecule has 0 heterocycles. The highest BCUT2D eigenvalue weighted by molar-refractivity contribution is 5.88. The standard InChI is InChI=1S/C14H28NO/c1-9(2)13(10(3)4)15(12(7)8)14(16)11(5)6/h9-12H,1-8H3/q+1. The Hall–Kier alpha value is -0.660. The van der Waals surface area contributed by atoms with Crippen LogP contribution in [0.25, 0.3) is 0 Å². The lowest BCUT2D eigenvalue weighted by molar-refractivity contribution is -0.487. The van der Waals surface area contributed by atoms with Crippen molar-refractivity contribution < 1.29 is 9.37 Å². The normalized spacial score (nSPS) is 11.8. The Bertz CT molecular complexity index is 262. The van der Waals surface area contributed by atoms with E-state index in [4.69, 9.17) is 0 Å². The topological polar surface area (TPSA) is 20.1 Å². The van der Waals surface area contributed by atoms with Gasteiger partial charge in [0, 0.05) is 11.8 Å². The maximum Gasteiger partial charge on any atom is 0.389 e. The highest BCUT2D eigenvalue weighted by atomic mass is 16.2. The van der Waals surface area contributed by atoms with Crippen LogP contribution in [0.1, 0.15) is 55.4 Å². The van der Waals surface area contributed by atoms with E-state index in [1.165, 1.54) is 5.71 Å². The van der Waals surface area contributed by atoms with Crippen molar-refractivity contribution in [3.05, 3.63) is 0 Å². The van der Waals surface area contributed by atoms with Crippen LogP contribution in [0.15, 0.2) is 0 Å². The zero-order valence-corrected chi connectivity index (χ0v) is 12.2. The van der Waals surface area contributed by atoms with Crippen LogP contribution >= 0.6 is 0 Å². The van der Waals surface area contributed by atoms with Crippen molar-refractivity contribution in [1.82, 2.24) is 0 Å². The Kier molecular flexibility index (Phi) is 5.91. The van der Waals surface area contributed by atoms with E-state index in [0.717, 1.165) is 0 Å². The van der Waals surface area contributed by atoms with E-state index in [0.29, 0.717) is 11.8 Å². The molecule has 0 aromatic rings. The first kappa shape index (κ1) is 15.3. The largest absolute Gasteiger partial charge is 0.389 e. The zero-order valence-electron chi connectivity index (χ0n) is 12.2. The highest BCUT2D eigenvalue weighted by Gasteiger charge is 2.31. The number of nitrogens with zero attached hydrogens (tertiary/aromatic N) is 1. The molecule has 1 amide bonds. The fraction of sp³-hybridized carbons (Fsp3) is 0.857. The van der Waals surface area contributed by atoms with Gasteiger partial charge in [0.1, 0.15) is 0 Å². The average Bonchev–Trinajstić information content (AvgIpc) is 2.10. The molecule has 94 valence electrons. The van der Waals surface area contributed by atoms with E-state index < -0.39 is 0 Å². The fourth-order valence-electron chi connectivity index (χ4n) is 2.18. The number of carbonyl (C=O) groups excluding carboxylic acids is 1. The maximum atomic E-state index is 12.2. The first-order valence-electron chi connectivity index (χ1n) is 6.39. The molecule has 0 saturated heterocycles. The number of amides is 1. The SMILES string of the molecule is CC(C)C(=O)[N+](=C(C(C)C)C(C)C)C(C)C. The van der Waals surface area contributed by atoms with Gasteiger partial charge in [-0.3, -0.25) is 0 Å². The summed E-state index contributed by atoms with van der Waals surface area (Å²) in [5.41, 5.74) is 1.26. The van der Waals surface area contributed by atoms with Crippen LogP contribution in [-0.2, 0) is 4.79 Å². The summed E-state index contributed by atoms with van der Waals surface area (Å²) in [7, 11) is 0. The molecule has 0 spiro atoms. The average molecular weight is 226 g/mol. The number of hydrogen-bond acceptors (Lipinski definition) is 1. The van der Waals surface area contributed by atoms with Crippen molar-refractivity contribution in [2.75, 3.05) is 0 Å². The summed E-state index contributed by atoms with van der Waals surface area (Å²) in [6.07, 6.45) is 0. The summed E-state index contributed by atoms with van der Waals surface area (Å²) in [4.78, 5) is 12.2. The molecule has 0 aromatic heterocycles. The minimum absolute atomic E-state index is 0.0647. The molecule has 0 aliphatic rings. The van der Waals surface area contributed by atoms with Gasteiger partial charge in [0.05, 0.1) is 5.92 Å². The molecule has 0 N–H and O–H groups in total. The molecule has 0 aliphatic heterocycles.